The minimum Gasteiger partial charge on any atom is -0.492 e. The quantitative estimate of drug-likeness (QED) is 0.341. The molecule has 2 rings (SSSR count). The van der Waals surface area contributed by atoms with E-state index in [1.54, 1.807) is 31.3 Å². The van der Waals surface area contributed by atoms with Gasteiger partial charge in [0.2, 0.25) is 0 Å². The van der Waals surface area contributed by atoms with Gasteiger partial charge in [-0.05, 0) is 42.0 Å². The van der Waals surface area contributed by atoms with Crippen molar-refractivity contribution in [3.05, 3.63) is 64.4 Å². The number of hydrogen-bond donors (Lipinski definition) is 2. The maximum absolute atomic E-state index is 13.4. The van der Waals surface area contributed by atoms with Crippen molar-refractivity contribution >= 4 is 41.5 Å². The molecule has 2 aromatic carbocycles. The maximum Gasteiger partial charge on any atom is 0.193 e. The highest BCUT2D eigenvalue weighted by molar-refractivity contribution is 14.0. The summed E-state index contributed by atoms with van der Waals surface area (Å²) in [7, 11) is 3.60. The summed E-state index contributed by atoms with van der Waals surface area (Å²) < 4.78 is 19.1. The lowest BCUT2D eigenvalue weighted by Crippen LogP contribution is -2.40. The van der Waals surface area contributed by atoms with Crippen LogP contribution in [0.1, 0.15) is 11.1 Å². The Morgan fingerprint density at radius 2 is 1.96 bits per heavy atom. The molecule has 0 saturated carbocycles. The zero-order valence-corrected chi connectivity index (χ0v) is 18.4. The van der Waals surface area contributed by atoms with Crippen LogP contribution in [0.2, 0.25) is 5.02 Å². The van der Waals surface area contributed by atoms with Crippen LogP contribution in [0.3, 0.4) is 0 Å². The minimum absolute atomic E-state index is 0. The predicted octanol–water partition coefficient (Wildman–Crippen LogP) is 3.68. The van der Waals surface area contributed by atoms with Gasteiger partial charge in [-0.3, -0.25) is 4.99 Å². The van der Waals surface area contributed by atoms with E-state index in [9.17, 15) is 4.39 Å². The number of benzene rings is 2. The standard InChI is InChI=1S/C19H23ClFN3O2.HI/c1-22-19(23-12-14-3-8-18(21)15(11-14)13-25)24(2)9-10-26-17-6-4-16(20)5-7-17;/h3-8,11,25H,9-10,12-13H2,1-2H3,(H,22,23);1H. The third-order valence-electron chi connectivity index (χ3n) is 3.81. The molecule has 0 saturated heterocycles. The molecule has 2 aromatic rings. The summed E-state index contributed by atoms with van der Waals surface area (Å²) in [6.07, 6.45) is 0. The van der Waals surface area contributed by atoms with E-state index in [4.69, 9.17) is 21.4 Å². The number of guanidine groups is 1. The number of rotatable bonds is 7. The summed E-state index contributed by atoms with van der Waals surface area (Å²) in [4.78, 5) is 6.17. The molecule has 0 atom stereocenters. The van der Waals surface area contributed by atoms with Gasteiger partial charge >= 0.3 is 0 Å². The predicted molar refractivity (Wildman–Crippen MR) is 118 cm³/mol. The summed E-state index contributed by atoms with van der Waals surface area (Å²) in [5, 5.41) is 13.0. The Bertz CT molecular complexity index is 744. The van der Waals surface area contributed by atoms with Crippen molar-refractivity contribution < 1.29 is 14.2 Å². The molecule has 0 heterocycles. The topological polar surface area (TPSA) is 57.1 Å². The van der Waals surface area contributed by atoms with E-state index in [0.29, 0.717) is 30.7 Å². The van der Waals surface area contributed by atoms with Crippen LogP contribution in [0.5, 0.6) is 5.75 Å². The van der Waals surface area contributed by atoms with Gasteiger partial charge in [-0.2, -0.15) is 0 Å². The monoisotopic (exact) mass is 507 g/mol. The van der Waals surface area contributed by atoms with Crippen molar-refractivity contribution in [2.45, 2.75) is 13.2 Å². The first-order chi connectivity index (χ1) is 12.5. The zero-order chi connectivity index (χ0) is 18.9. The van der Waals surface area contributed by atoms with Gasteiger partial charge in [-0.1, -0.05) is 17.7 Å². The molecule has 0 aliphatic carbocycles. The first-order valence-corrected chi connectivity index (χ1v) is 8.59. The van der Waals surface area contributed by atoms with Gasteiger partial charge in [-0.25, -0.2) is 4.39 Å². The van der Waals surface area contributed by atoms with Gasteiger partial charge in [0.25, 0.3) is 0 Å². The third-order valence-corrected chi connectivity index (χ3v) is 4.07. The van der Waals surface area contributed by atoms with Crippen LogP contribution >= 0.6 is 35.6 Å². The van der Waals surface area contributed by atoms with Gasteiger partial charge in [0.05, 0.1) is 13.2 Å². The maximum atomic E-state index is 13.4. The normalized spacial score (nSPS) is 10.9. The van der Waals surface area contributed by atoms with Crippen molar-refractivity contribution in [1.29, 1.82) is 0 Å². The van der Waals surface area contributed by atoms with Crippen molar-refractivity contribution in [1.82, 2.24) is 10.2 Å². The highest BCUT2D eigenvalue weighted by Crippen LogP contribution is 2.15. The van der Waals surface area contributed by atoms with Crippen LogP contribution in [-0.4, -0.2) is 43.2 Å². The van der Waals surface area contributed by atoms with E-state index in [1.165, 1.54) is 6.07 Å². The van der Waals surface area contributed by atoms with Crippen LogP contribution < -0.4 is 10.1 Å². The van der Waals surface area contributed by atoms with Gasteiger partial charge in [0.1, 0.15) is 18.2 Å². The van der Waals surface area contributed by atoms with Crippen LogP contribution in [-0.2, 0) is 13.2 Å². The molecule has 0 unspecified atom stereocenters. The molecule has 0 bridgehead atoms. The van der Waals surface area contributed by atoms with E-state index in [0.717, 1.165) is 11.3 Å². The van der Waals surface area contributed by atoms with Crippen LogP contribution in [0.15, 0.2) is 47.5 Å². The van der Waals surface area contributed by atoms with E-state index < -0.39 is 5.82 Å². The van der Waals surface area contributed by atoms with E-state index >= 15 is 0 Å². The molecule has 0 fully saturated rings. The van der Waals surface area contributed by atoms with Gasteiger partial charge in [0.15, 0.2) is 5.96 Å². The Hall–Kier alpha value is -1.58. The third kappa shape index (κ3) is 7.51. The summed E-state index contributed by atoms with van der Waals surface area (Å²) in [6.45, 7) is 1.27. The molecule has 0 amide bonds. The average molecular weight is 508 g/mol. The summed E-state index contributed by atoms with van der Waals surface area (Å²) >= 11 is 5.85. The lowest BCUT2D eigenvalue weighted by Gasteiger charge is -2.22. The highest BCUT2D eigenvalue weighted by atomic mass is 127. The number of likely N-dealkylation sites (N-methyl/N-ethyl adjacent to an activating group) is 1. The molecule has 8 heteroatoms. The molecule has 5 nitrogen and oxygen atoms in total. The summed E-state index contributed by atoms with van der Waals surface area (Å²) in [6, 6.07) is 11.9. The van der Waals surface area contributed by atoms with E-state index in [1.807, 2.05) is 24.1 Å². The number of nitrogens with zero attached hydrogens (tertiary/aromatic N) is 2. The van der Waals surface area contributed by atoms with E-state index in [-0.39, 0.29) is 36.1 Å². The molecule has 0 spiro atoms. The molecule has 0 aliphatic heterocycles. The fraction of sp³-hybridized carbons (Fsp3) is 0.316. The molecule has 0 radical (unpaired) electrons. The Morgan fingerprint density at radius 1 is 1.26 bits per heavy atom. The number of aliphatic hydroxyl groups excluding tert-OH is 1. The summed E-state index contributed by atoms with van der Waals surface area (Å²) in [5.41, 5.74) is 1.14. The fourth-order valence-corrected chi connectivity index (χ4v) is 2.49. The molecule has 2 N–H and O–H groups in total. The lowest BCUT2D eigenvalue weighted by atomic mass is 10.1. The van der Waals surface area contributed by atoms with Crippen molar-refractivity contribution in [2.75, 3.05) is 27.2 Å². The van der Waals surface area contributed by atoms with Gasteiger partial charge in [-0.15, -0.1) is 24.0 Å². The largest absolute Gasteiger partial charge is 0.492 e. The number of aliphatic imine (C=N–C) groups is 1. The average Bonchev–Trinajstić information content (AvgIpc) is 2.65. The molecule has 27 heavy (non-hydrogen) atoms. The van der Waals surface area contributed by atoms with Crippen LogP contribution in [0.25, 0.3) is 0 Å². The molecule has 0 aliphatic rings. The van der Waals surface area contributed by atoms with Crippen LogP contribution in [0, 0.1) is 5.82 Å². The van der Waals surface area contributed by atoms with Gasteiger partial charge < -0.3 is 20.1 Å². The SMILES string of the molecule is CN=C(NCc1ccc(F)c(CO)c1)N(C)CCOc1ccc(Cl)cc1.I. The number of ether oxygens (including phenoxy) is 1. The first-order valence-electron chi connectivity index (χ1n) is 8.21. The number of aliphatic hydroxyl groups is 1. The molecular weight excluding hydrogens is 484 g/mol. The molecule has 148 valence electrons. The summed E-state index contributed by atoms with van der Waals surface area (Å²) in [5.74, 6) is 1.05. The second kappa shape index (κ2) is 12.0. The Balaban J connectivity index is 0.00000364. The highest BCUT2D eigenvalue weighted by Gasteiger charge is 2.07. The van der Waals surface area contributed by atoms with Crippen LogP contribution in [0.4, 0.5) is 4.39 Å². The molecular formula is C19H24ClFIN3O2. The van der Waals surface area contributed by atoms with E-state index in [2.05, 4.69) is 10.3 Å². The number of hydrogen-bond acceptors (Lipinski definition) is 3. The first kappa shape index (κ1) is 23.5. The number of halogens is 3. The second-order valence-electron chi connectivity index (χ2n) is 5.71. The fourth-order valence-electron chi connectivity index (χ4n) is 2.36. The van der Waals surface area contributed by atoms with Gasteiger partial charge in [0, 0.05) is 31.2 Å². The Morgan fingerprint density at radius 3 is 2.59 bits per heavy atom. The Labute approximate surface area is 181 Å². The minimum atomic E-state index is -0.405. The Kier molecular flexibility index (Phi) is 10.4. The lowest BCUT2D eigenvalue weighted by molar-refractivity contribution is 0.275. The second-order valence-corrected chi connectivity index (χ2v) is 6.15. The van der Waals surface area contributed by atoms with Crippen molar-refractivity contribution in [3.8, 4) is 5.75 Å². The smallest absolute Gasteiger partial charge is 0.193 e. The molecule has 0 aromatic heterocycles. The van der Waals surface area contributed by atoms with Crippen molar-refractivity contribution in [3.63, 3.8) is 0 Å². The number of nitrogens with one attached hydrogen (secondary N) is 1. The zero-order valence-electron chi connectivity index (χ0n) is 15.3. The van der Waals surface area contributed by atoms with Crippen molar-refractivity contribution in [2.24, 2.45) is 4.99 Å².